The molecule has 4 nitrogen and oxygen atoms in total. The van der Waals surface area contributed by atoms with E-state index in [-0.39, 0.29) is 12.4 Å². The fourth-order valence-electron chi connectivity index (χ4n) is 1.52. The topological polar surface area (TPSA) is 79.4 Å². The molecule has 0 aliphatic carbocycles. The van der Waals surface area contributed by atoms with E-state index in [2.05, 4.69) is 4.98 Å². The van der Waals surface area contributed by atoms with Gasteiger partial charge >= 0.3 is 0 Å². The third kappa shape index (κ3) is 1.77. The van der Waals surface area contributed by atoms with Crippen molar-refractivity contribution in [3.05, 3.63) is 36.0 Å². The zero-order valence-electron chi connectivity index (χ0n) is 8.09. The normalized spacial score (nSPS) is 12.9. The Kier molecular flexibility index (Phi) is 2.53. The molecular formula is C11H12N2O2. The monoisotopic (exact) mass is 204 g/mol. The molecule has 0 fully saturated rings. The summed E-state index contributed by atoms with van der Waals surface area (Å²) < 4.78 is 0. The summed E-state index contributed by atoms with van der Waals surface area (Å²) in [5.41, 5.74) is 6.91. The fourth-order valence-corrected chi connectivity index (χ4v) is 1.52. The third-order valence-corrected chi connectivity index (χ3v) is 2.35. The Labute approximate surface area is 87.0 Å². The van der Waals surface area contributed by atoms with Crippen LogP contribution in [-0.2, 0) is 0 Å². The quantitative estimate of drug-likeness (QED) is 0.680. The molecule has 2 aromatic rings. The predicted octanol–water partition coefficient (Wildman–Crippen LogP) is 0.932. The lowest BCUT2D eigenvalue weighted by molar-refractivity contribution is 0.265. The number of hydrogen-bond donors (Lipinski definition) is 3. The van der Waals surface area contributed by atoms with Crippen molar-refractivity contribution in [1.82, 2.24) is 4.98 Å². The molecule has 1 aromatic heterocycles. The number of aliphatic hydroxyl groups excluding tert-OH is 1. The number of aromatic hydroxyl groups is 1. The van der Waals surface area contributed by atoms with Crippen molar-refractivity contribution >= 4 is 10.9 Å². The van der Waals surface area contributed by atoms with Crippen molar-refractivity contribution in [3.63, 3.8) is 0 Å². The Bertz CT molecular complexity index is 485. The number of phenolic OH excluding ortho intramolecular Hbond substituents is 1. The van der Waals surface area contributed by atoms with Crippen LogP contribution in [0.1, 0.15) is 11.6 Å². The standard InChI is InChI=1S/C11H12N2O2/c12-9(6-14)8-4-7-2-1-3-13-10(7)5-11(8)15/h1-5,9,14-15H,6,12H2/t9-/m0/s1. The number of benzene rings is 1. The maximum atomic E-state index is 9.68. The van der Waals surface area contributed by atoms with Crippen LogP contribution in [0.5, 0.6) is 5.75 Å². The first kappa shape index (κ1) is 9.89. The summed E-state index contributed by atoms with van der Waals surface area (Å²) in [6.45, 7) is -0.195. The predicted molar refractivity (Wildman–Crippen MR) is 57.4 cm³/mol. The molecule has 1 heterocycles. The first-order valence-electron chi connectivity index (χ1n) is 4.66. The van der Waals surface area contributed by atoms with Gasteiger partial charge in [-0.2, -0.15) is 0 Å². The minimum atomic E-state index is -0.561. The number of hydrogen-bond acceptors (Lipinski definition) is 4. The van der Waals surface area contributed by atoms with Crippen LogP contribution in [0.25, 0.3) is 10.9 Å². The summed E-state index contributed by atoms with van der Waals surface area (Å²) in [6.07, 6.45) is 1.66. The highest BCUT2D eigenvalue weighted by atomic mass is 16.3. The van der Waals surface area contributed by atoms with Gasteiger partial charge in [-0.15, -0.1) is 0 Å². The molecule has 0 saturated heterocycles. The number of aromatic nitrogens is 1. The van der Waals surface area contributed by atoms with E-state index in [4.69, 9.17) is 10.8 Å². The van der Waals surface area contributed by atoms with Gasteiger partial charge in [0.1, 0.15) is 5.75 Å². The number of phenols is 1. The molecule has 4 heteroatoms. The van der Waals surface area contributed by atoms with E-state index in [1.165, 1.54) is 0 Å². The van der Waals surface area contributed by atoms with Gasteiger partial charge in [-0.05, 0) is 12.1 Å². The summed E-state index contributed by atoms with van der Waals surface area (Å²) in [6, 6.07) is 6.44. The van der Waals surface area contributed by atoms with Crippen molar-refractivity contribution in [1.29, 1.82) is 0 Å². The number of fused-ring (bicyclic) bond motifs is 1. The van der Waals surface area contributed by atoms with E-state index >= 15 is 0 Å². The number of pyridine rings is 1. The zero-order valence-corrected chi connectivity index (χ0v) is 8.09. The van der Waals surface area contributed by atoms with Gasteiger partial charge in [-0.25, -0.2) is 0 Å². The second-order valence-corrected chi connectivity index (χ2v) is 3.40. The van der Waals surface area contributed by atoms with E-state index in [1.807, 2.05) is 12.1 Å². The molecule has 2 rings (SSSR count). The summed E-state index contributed by atoms with van der Waals surface area (Å²) >= 11 is 0. The maximum Gasteiger partial charge on any atom is 0.122 e. The van der Waals surface area contributed by atoms with Crippen molar-refractivity contribution in [2.75, 3.05) is 6.61 Å². The van der Waals surface area contributed by atoms with E-state index in [1.54, 1.807) is 18.3 Å². The second-order valence-electron chi connectivity index (χ2n) is 3.40. The lowest BCUT2D eigenvalue weighted by atomic mass is 10.0. The molecular weight excluding hydrogens is 192 g/mol. The highest BCUT2D eigenvalue weighted by Crippen LogP contribution is 2.27. The van der Waals surface area contributed by atoms with Crippen LogP contribution in [0, 0.1) is 0 Å². The molecule has 0 bridgehead atoms. The minimum absolute atomic E-state index is 0.0720. The van der Waals surface area contributed by atoms with Crippen LogP contribution in [0.4, 0.5) is 0 Å². The van der Waals surface area contributed by atoms with Gasteiger partial charge in [0, 0.05) is 23.2 Å². The molecule has 0 radical (unpaired) electrons. The Balaban J connectivity index is 2.61. The maximum absolute atomic E-state index is 9.68. The summed E-state index contributed by atoms with van der Waals surface area (Å²) in [7, 11) is 0. The Morgan fingerprint density at radius 2 is 2.20 bits per heavy atom. The van der Waals surface area contributed by atoms with Crippen LogP contribution in [0.2, 0.25) is 0 Å². The highest BCUT2D eigenvalue weighted by Gasteiger charge is 2.11. The molecule has 0 spiro atoms. The molecule has 1 aromatic carbocycles. The van der Waals surface area contributed by atoms with E-state index in [0.29, 0.717) is 11.1 Å². The van der Waals surface area contributed by atoms with Gasteiger partial charge in [0.05, 0.1) is 18.2 Å². The number of nitrogens with zero attached hydrogens (tertiary/aromatic N) is 1. The van der Waals surface area contributed by atoms with Crippen LogP contribution in [0.3, 0.4) is 0 Å². The van der Waals surface area contributed by atoms with Gasteiger partial charge in [-0.3, -0.25) is 4.98 Å². The summed E-state index contributed by atoms with van der Waals surface area (Å²) in [5.74, 6) is 0.0720. The third-order valence-electron chi connectivity index (χ3n) is 2.35. The van der Waals surface area contributed by atoms with Gasteiger partial charge in [0.2, 0.25) is 0 Å². The second kappa shape index (κ2) is 3.84. The Morgan fingerprint density at radius 1 is 1.40 bits per heavy atom. The van der Waals surface area contributed by atoms with E-state index in [9.17, 15) is 5.11 Å². The smallest absolute Gasteiger partial charge is 0.122 e. The van der Waals surface area contributed by atoms with Crippen LogP contribution in [-0.4, -0.2) is 21.8 Å². The lowest BCUT2D eigenvalue weighted by Gasteiger charge is -2.11. The molecule has 78 valence electrons. The Morgan fingerprint density at radius 3 is 2.93 bits per heavy atom. The average Bonchev–Trinajstić information content (AvgIpc) is 2.27. The van der Waals surface area contributed by atoms with Gasteiger partial charge in [0.15, 0.2) is 0 Å². The first-order valence-corrected chi connectivity index (χ1v) is 4.66. The zero-order chi connectivity index (χ0) is 10.8. The largest absolute Gasteiger partial charge is 0.508 e. The molecule has 0 saturated carbocycles. The van der Waals surface area contributed by atoms with Crippen molar-refractivity contribution in [3.8, 4) is 5.75 Å². The lowest BCUT2D eigenvalue weighted by Crippen LogP contribution is -2.14. The van der Waals surface area contributed by atoms with Crippen molar-refractivity contribution < 1.29 is 10.2 Å². The average molecular weight is 204 g/mol. The van der Waals surface area contributed by atoms with E-state index < -0.39 is 6.04 Å². The number of rotatable bonds is 2. The molecule has 0 aliphatic heterocycles. The van der Waals surface area contributed by atoms with E-state index in [0.717, 1.165) is 5.39 Å². The molecule has 0 amide bonds. The molecule has 4 N–H and O–H groups in total. The highest BCUT2D eigenvalue weighted by molar-refractivity contribution is 5.81. The van der Waals surface area contributed by atoms with Crippen LogP contribution in [0.15, 0.2) is 30.5 Å². The number of nitrogens with two attached hydrogens (primary N) is 1. The summed E-state index contributed by atoms with van der Waals surface area (Å²) in [5, 5.41) is 19.5. The van der Waals surface area contributed by atoms with Crippen LogP contribution < -0.4 is 5.73 Å². The van der Waals surface area contributed by atoms with Crippen molar-refractivity contribution in [2.24, 2.45) is 5.73 Å². The molecule has 15 heavy (non-hydrogen) atoms. The molecule has 1 atom stereocenters. The van der Waals surface area contributed by atoms with Crippen LogP contribution >= 0.6 is 0 Å². The molecule has 0 unspecified atom stereocenters. The summed E-state index contributed by atoms with van der Waals surface area (Å²) in [4.78, 5) is 4.10. The van der Waals surface area contributed by atoms with Crippen molar-refractivity contribution in [2.45, 2.75) is 6.04 Å². The van der Waals surface area contributed by atoms with Gasteiger partial charge in [-0.1, -0.05) is 6.07 Å². The van der Waals surface area contributed by atoms with Gasteiger partial charge in [0.25, 0.3) is 0 Å². The van der Waals surface area contributed by atoms with Gasteiger partial charge < -0.3 is 15.9 Å². The SMILES string of the molecule is N[C@@H](CO)c1cc2cccnc2cc1O. The molecule has 0 aliphatic rings. The number of aliphatic hydroxyl groups is 1. The Hall–Kier alpha value is -1.65. The first-order chi connectivity index (χ1) is 7.22. The fraction of sp³-hybridized carbons (Fsp3) is 0.182. The minimum Gasteiger partial charge on any atom is -0.508 e.